The first kappa shape index (κ1) is 31.2. The van der Waals surface area contributed by atoms with Gasteiger partial charge in [0.2, 0.25) is 0 Å². The van der Waals surface area contributed by atoms with Crippen molar-refractivity contribution in [2.75, 3.05) is 39.6 Å². The third-order valence-corrected chi connectivity index (χ3v) is 10.7. The van der Waals surface area contributed by atoms with E-state index in [-0.39, 0.29) is 11.3 Å². The summed E-state index contributed by atoms with van der Waals surface area (Å²) in [6.45, 7) is 20.5. The first-order chi connectivity index (χ1) is 14.9. The monoisotopic (exact) mass is 481 g/mol. The zero-order valence-electron chi connectivity index (χ0n) is 21.6. The Morgan fingerprint density at radius 1 is 0.452 bits per heavy atom. The third-order valence-electron chi connectivity index (χ3n) is 4.60. The highest BCUT2D eigenvalue weighted by Gasteiger charge is 2.53. The molecule has 7 nitrogen and oxygen atoms in total. The highest BCUT2D eigenvalue weighted by Crippen LogP contribution is 2.22. The SMILES string of the molecule is CCCO[Si](OCCC)(OCCC)C(C)NC(C)[Si](OCCC)(OCCC)OCCC. The van der Waals surface area contributed by atoms with E-state index in [4.69, 9.17) is 26.6 Å². The second-order valence-electron chi connectivity index (χ2n) is 7.91. The van der Waals surface area contributed by atoms with Crippen molar-refractivity contribution < 1.29 is 26.6 Å². The molecule has 0 amide bonds. The van der Waals surface area contributed by atoms with Crippen LogP contribution in [0.15, 0.2) is 0 Å². The van der Waals surface area contributed by atoms with Gasteiger partial charge in [-0.1, -0.05) is 41.5 Å². The molecular formula is C22H51NO6Si2. The van der Waals surface area contributed by atoms with Gasteiger partial charge in [0.05, 0.1) is 11.3 Å². The van der Waals surface area contributed by atoms with E-state index in [1.807, 2.05) is 0 Å². The highest BCUT2D eigenvalue weighted by atomic mass is 28.4. The van der Waals surface area contributed by atoms with Crippen LogP contribution in [-0.4, -0.2) is 68.6 Å². The average Bonchev–Trinajstić information content (AvgIpc) is 2.78. The summed E-state index contributed by atoms with van der Waals surface area (Å²) in [7, 11) is -5.91. The molecule has 0 aromatic heterocycles. The zero-order chi connectivity index (χ0) is 23.6. The summed E-state index contributed by atoms with van der Waals surface area (Å²) in [6, 6.07) is 0. The third kappa shape index (κ3) is 11.2. The first-order valence-electron chi connectivity index (χ1n) is 12.5. The van der Waals surface area contributed by atoms with E-state index in [1.165, 1.54) is 0 Å². The number of nitrogens with one attached hydrogen (secondary N) is 1. The molecule has 0 saturated heterocycles. The van der Waals surface area contributed by atoms with Gasteiger partial charge in [-0.15, -0.1) is 0 Å². The maximum atomic E-state index is 6.33. The molecule has 0 fully saturated rings. The molecule has 1 N–H and O–H groups in total. The quantitative estimate of drug-likeness (QED) is 0.221. The number of hydrogen-bond acceptors (Lipinski definition) is 7. The van der Waals surface area contributed by atoms with Gasteiger partial charge in [0.1, 0.15) is 0 Å². The van der Waals surface area contributed by atoms with E-state index >= 15 is 0 Å². The van der Waals surface area contributed by atoms with Crippen LogP contribution in [0.2, 0.25) is 0 Å². The van der Waals surface area contributed by atoms with Gasteiger partial charge in [-0.2, -0.15) is 0 Å². The number of rotatable bonds is 22. The topological polar surface area (TPSA) is 67.4 Å². The van der Waals surface area contributed by atoms with Gasteiger partial charge in [0, 0.05) is 39.6 Å². The molecule has 188 valence electrons. The second-order valence-corrected chi connectivity index (χ2v) is 13.8. The lowest BCUT2D eigenvalue weighted by atomic mass is 10.5. The van der Waals surface area contributed by atoms with Crippen LogP contribution in [0.1, 0.15) is 93.9 Å². The minimum Gasteiger partial charge on any atom is -0.373 e. The van der Waals surface area contributed by atoms with E-state index in [1.54, 1.807) is 0 Å². The Labute approximate surface area is 194 Å². The summed E-state index contributed by atoms with van der Waals surface area (Å²) in [6.07, 6.45) is 5.50. The maximum absolute atomic E-state index is 6.33. The molecule has 0 aromatic carbocycles. The van der Waals surface area contributed by atoms with Gasteiger partial charge in [0.25, 0.3) is 0 Å². The van der Waals surface area contributed by atoms with Crippen molar-refractivity contribution in [3.05, 3.63) is 0 Å². The summed E-state index contributed by atoms with van der Waals surface area (Å²) in [5.74, 6) is 0. The van der Waals surface area contributed by atoms with Crippen molar-refractivity contribution in [2.45, 2.75) is 105 Å². The van der Waals surface area contributed by atoms with Gasteiger partial charge in [-0.05, 0) is 52.4 Å². The highest BCUT2D eigenvalue weighted by molar-refractivity contribution is 6.64. The summed E-state index contributed by atoms with van der Waals surface area (Å²) in [5, 5.41) is 3.69. The van der Waals surface area contributed by atoms with Crippen LogP contribution in [0.5, 0.6) is 0 Å². The molecule has 9 heteroatoms. The van der Waals surface area contributed by atoms with E-state index in [2.05, 4.69) is 60.7 Å². The van der Waals surface area contributed by atoms with E-state index in [0.717, 1.165) is 38.5 Å². The van der Waals surface area contributed by atoms with E-state index in [0.29, 0.717) is 39.6 Å². The maximum Gasteiger partial charge on any atom is 0.518 e. The predicted molar refractivity (Wildman–Crippen MR) is 131 cm³/mol. The second kappa shape index (κ2) is 18.6. The minimum absolute atomic E-state index is 0.111. The van der Waals surface area contributed by atoms with Crippen molar-refractivity contribution in [1.29, 1.82) is 0 Å². The lowest BCUT2D eigenvalue weighted by Crippen LogP contribution is -2.68. The molecule has 0 spiro atoms. The summed E-state index contributed by atoms with van der Waals surface area (Å²) in [4.78, 5) is 0. The Kier molecular flexibility index (Phi) is 18.7. The van der Waals surface area contributed by atoms with Crippen molar-refractivity contribution in [3.8, 4) is 0 Å². The minimum atomic E-state index is -2.95. The van der Waals surface area contributed by atoms with Crippen LogP contribution in [0.4, 0.5) is 0 Å². The van der Waals surface area contributed by atoms with Gasteiger partial charge < -0.3 is 31.9 Å². The lowest BCUT2D eigenvalue weighted by Gasteiger charge is -2.39. The van der Waals surface area contributed by atoms with Crippen LogP contribution in [0, 0.1) is 0 Å². The molecule has 0 saturated carbocycles. The molecule has 0 aliphatic rings. The molecule has 0 rings (SSSR count). The van der Waals surface area contributed by atoms with Crippen molar-refractivity contribution in [2.24, 2.45) is 0 Å². The smallest absolute Gasteiger partial charge is 0.373 e. The molecule has 0 aromatic rings. The summed E-state index contributed by atoms with van der Waals surface area (Å²) in [5.41, 5.74) is -0.223. The first-order valence-corrected chi connectivity index (χ1v) is 16.1. The normalized spacial score (nSPS) is 14.7. The van der Waals surface area contributed by atoms with Gasteiger partial charge in [-0.25, -0.2) is 0 Å². The fourth-order valence-electron chi connectivity index (χ4n) is 3.05. The van der Waals surface area contributed by atoms with Crippen molar-refractivity contribution in [1.82, 2.24) is 5.32 Å². The number of hydrogen-bond donors (Lipinski definition) is 1. The van der Waals surface area contributed by atoms with Crippen LogP contribution in [0.3, 0.4) is 0 Å². The molecule has 0 bridgehead atoms. The van der Waals surface area contributed by atoms with Crippen molar-refractivity contribution in [3.63, 3.8) is 0 Å². The molecular weight excluding hydrogens is 430 g/mol. The Balaban J connectivity index is 5.74. The molecule has 2 atom stereocenters. The van der Waals surface area contributed by atoms with Gasteiger partial charge in [0.15, 0.2) is 0 Å². The summed E-state index contributed by atoms with van der Waals surface area (Å²) < 4.78 is 38.0. The van der Waals surface area contributed by atoms with Gasteiger partial charge in [-0.3, -0.25) is 0 Å². The summed E-state index contributed by atoms with van der Waals surface area (Å²) >= 11 is 0. The Hall–Kier alpha value is 0.154. The van der Waals surface area contributed by atoms with Crippen molar-refractivity contribution >= 4 is 17.6 Å². The molecule has 0 aliphatic heterocycles. The molecule has 31 heavy (non-hydrogen) atoms. The molecule has 0 radical (unpaired) electrons. The van der Waals surface area contributed by atoms with E-state index < -0.39 is 17.6 Å². The van der Waals surface area contributed by atoms with E-state index in [9.17, 15) is 0 Å². The largest absolute Gasteiger partial charge is 0.518 e. The molecule has 0 heterocycles. The zero-order valence-corrected chi connectivity index (χ0v) is 23.6. The molecule has 2 unspecified atom stereocenters. The predicted octanol–water partition coefficient (Wildman–Crippen LogP) is 4.87. The average molecular weight is 482 g/mol. The van der Waals surface area contributed by atoms with Crippen LogP contribution in [0.25, 0.3) is 0 Å². The fourth-order valence-corrected chi connectivity index (χ4v) is 9.05. The van der Waals surface area contributed by atoms with Crippen LogP contribution >= 0.6 is 0 Å². The van der Waals surface area contributed by atoms with Crippen LogP contribution in [-0.2, 0) is 26.6 Å². The Morgan fingerprint density at radius 3 is 0.806 bits per heavy atom. The fraction of sp³-hybridized carbons (Fsp3) is 1.00. The molecule has 0 aliphatic carbocycles. The Morgan fingerprint density at radius 2 is 0.645 bits per heavy atom. The standard InChI is InChI=1S/C22H51NO6Si2/c1-9-15-24-30(25-16-10-2,26-17-11-3)21(7)23-22(8)31(27-18-12-4,28-19-13-5)29-20-14-6/h21-23H,9-20H2,1-8H3. The van der Waals surface area contributed by atoms with Gasteiger partial charge >= 0.3 is 17.6 Å². The van der Waals surface area contributed by atoms with Crippen LogP contribution < -0.4 is 5.32 Å². The lowest BCUT2D eigenvalue weighted by molar-refractivity contribution is 0.0368. The Bertz CT molecular complexity index is 340.